The molecular formula is C12H9ClO5. The second-order valence-corrected chi connectivity index (χ2v) is 3.92. The topological polar surface area (TPSA) is 72.8 Å². The van der Waals surface area contributed by atoms with E-state index in [0.717, 1.165) is 12.2 Å². The minimum Gasteiger partial charge on any atom is -0.486 e. The van der Waals surface area contributed by atoms with Gasteiger partial charge in [-0.15, -0.1) is 0 Å². The largest absolute Gasteiger partial charge is 0.486 e. The Labute approximate surface area is 108 Å². The van der Waals surface area contributed by atoms with E-state index in [4.69, 9.17) is 26.2 Å². The highest BCUT2D eigenvalue weighted by atomic mass is 35.5. The van der Waals surface area contributed by atoms with Crippen molar-refractivity contribution in [2.45, 2.75) is 0 Å². The molecule has 0 unspecified atom stereocenters. The van der Waals surface area contributed by atoms with Crippen LogP contribution in [0.2, 0.25) is 5.02 Å². The van der Waals surface area contributed by atoms with E-state index in [-0.39, 0.29) is 10.6 Å². The Morgan fingerprint density at radius 3 is 2.39 bits per heavy atom. The fourth-order valence-corrected chi connectivity index (χ4v) is 1.74. The summed E-state index contributed by atoms with van der Waals surface area (Å²) in [5, 5.41) is 8.65. The third-order valence-electron chi connectivity index (χ3n) is 2.27. The molecule has 0 spiro atoms. The third kappa shape index (κ3) is 2.62. The number of carboxylic acid groups (broad SMARTS) is 1. The molecule has 0 aliphatic carbocycles. The number of hydrogen-bond acceptors (Lipinski definition) is 4. The number of rotatable bonds is 3. The summed E-state index contributed by atoms with van der Waals surface area (Å²) in [5.74, 6) is -0.792. The molecule has 6 heteroatoms. The molecule has 94 valence electrons. The molecular weight excluding hydrogens is 260 g/mol. The van der Waals surface area contributed by atoms with Crippen LogP contribution in [0.15, 0.2) is 24.3 Å². The van der Waals surface area contributed by atoms with Gasteiger partial charge >= 0.3 is 5.97 Å². The first-order valence-electron chi connectivity index (χ1n) is 5.12. The van der Waals surface area contributed by atoms with Crippen molar-refractivity contribution >= 4 is 23.4 Å². The molecule has 1 N–H and O–H groups in total. The summed E-state index contributed by atoms with van der Waals surface area (Å²) in [6, 6.07) is 2.93. The molecule has 0 radical (unpaired) electrons. The fourth-order valence-electron chi connectivity index (χ4n) is 1.49. The van der Waals surface area contributed by atoms with Crippen molar-refractivity contribution in [3.63, 3.8) is 0 Å². The van der Waals surface area contributed by atoms with Crippen LogP contribution < -0.4 is 9.47 Å². The van der Waals surface area contributed by atoms with Crippen molar-refractivity contribution < 1.29 is 24.2 Å². The average molecular weight is 269 g/mol. The van der Waals surface area contributed by atoms with Crippen LogP contribution in [0.4, 0.5) is 0 Å². The van der Waals surface area contributed by atoms with Crippen molar-refractivity contribution in [2.24, 2.45) is 0 Å². The summed E-state index contributed by atoms with van der Waals surface area (Å²) in [5.41, 5.74) is 0.179. The van der Waals surface area contributed by atoms with E-state index in [2.05, 4.69) is 0 Å². The van der Waals surface area contributed by atoms with Crippen LogP contribution >= 0.6 is 11.6 Å². The molecule has 0 atom stereocenters. The number of hydrogen-bond donors (Lipinski definition) is 1. The summed E-state index contributed by atoms with van der Waals surface area (Å²) in [6.07, 6.45) is 1.70. The van der Waals surface area contributed by atoms with Gasteiger partial charge in [0.2, 0.25) is 0 Å². The van der Waals surface area contributed by atoms with Crippen molar-refractivity contribution in [2.75, 3.05) is 13.2 Å². The lowest BCUT2D eigenvalue weighted by atomic mass is 10.1. The molecule has 0 saturated heterocycles. The molecule has 0 fully saturated rings. The molecule has 0 saturated carbocycles. The lowest BCUT2D eigenvalue weighted by molar-refractivity contribution is -0.131. The molecule has 0 bridgehead atoms. The average Bonchev–Trinajstić information content (AvgIpc) is 2.35. The highest BCUT2D eigenvalue weighted by molar-refractivity contribution is 6.35. The monoisotopic (exact) mass is 268 g/mol. The van der Waals surface area contributed by atoms with E-state index in [9.17, 15) is 9.59 Å². The Morgan fingerprint density at radius 2 is 1.78 bits per heavy atom. The van der Waals surface area contributed by atoms with E-state index in [0.29, 0.717) is 24.7 Å². The first-order chi connectivity index (χ1) is 8.58. The first kappa shape index (κ1) is 12.4. The van der Waals surface area contributed by atoms with E-state index < -0.39 is 11.8 Å². The standard InChI is InChI=1S/C12H9ClO5/c13-8-6-11-10(17-3-4-18-11)5-7(8)9(14)1-2-12(15)16/h1-2,5-6H,3-4H2,(H,15,16). The lowest BCUT2D eigenvalue weighted by Gasteiger charge is -2.19. The van der Waals surface area contributed by atoms with Gasteiger partial charge in [-0.3, -0.25) is 4.79 Å². The lowest BCUT2D eigenvalue weighted by Crippen LogP contribution is -2.16. The summed E-state index contributed by atoms with van der Waals surface area (Å²) in [4.78, 5) is 22.1. The van der Waals surface area contributed by atoms with Crippen LogP contribution in [0.5, 0.6) is 11.5 Å². The van der Waals surface area contributed by atoms with Gasteiger partial charge in [0.25, 0.3) is 0 Å². The molecule has 1 aliphatic heterocycles. The SMILES string of the molecule is O=C(O)C=CC(=O)c1cc2c(cc1Cl)OCCO2. The summed E-state index contributed by atoms with van der Waals surface area (Å²) >= 11 is 5.93. The second kappa shape index (κ2) is 5.10. The van der Waals surface area contributed by atoms with Crippen LogP contribution in [-0.2, 0) is 4.79 Å². The molecule has 1 aliphatic rings. The number of carboxylic acids is 1. The molecule has 18 heavy (non-hydrogen) atoms. The molecule has 2 rings (SSSR count). The van der Waals surface area contributed by atoms with Crippen molar-refractivity contribution in [3.05, 3.63) is 34.9 Å². The van der Waals surface area contributed by atoms with Crippen LogP contribution in [0, 0.1) is 0 Å². The predicted octanol–water partition coefficient (Wildman–Crippen LogP) is 1.93. The Bertz CT molecular complexity index is 536. The smallest absolute Gasteiger partial charge is 0.328 e. The van der Waals surface area contributed by atoms with Crippen molar-refractivity contribution in [1.82, 2.24) is 0 Å². The number of aliphatic carboxylic acids is 1. The van der Waals surface area contributed by atoms with Crippen LogP contribution in [-0.4, -0.2) is 30.1 Å². The summed E-state index contributed by atoms with van der Waals surface area (Å²) in [7, 11) is 0. The van der Waals surface area contributed by atoms with Gasteiger partial charge in [-0.25, -0.2) is 4.79 Å². The third-order valence-corrected chi connectivity index (χ3v) is 2.59. The Morgan fingerprint density at radius 1 is 1.17 bits per heavy atom. The Balaban J connectivity index is 2.33. The van der Waals surface area contributed by atoms with Gasteiger partial charge in [0.15, 0.2) is 17.3 Å². The van der Waals surface area contributed by atoms with Crippen LogP contribution in [0.3, 0.4) is 0 Å². The number of carbonyl (C=O) groups is 2. The molecule has 0 amide bonds. The quantitative estimate of drug-likeness (QED) is 0.670. The Hall–Kier alpha value is -2.01. The number of allylic oxidation sites excluding steroid dienone is 1. The van der Waals surface area contributed by atoms with Gasteiger partial charge in [-0.05, 0) is 12.1 Å². The fraction of sp³-hybridized carbons (Fsp3) is 0.167. The number of halogens is 1. The maximum Gasteiger partial charge on any atom is 0.328 e. The summed E-state index contributed by atoms with van der Waals surface area (Å²) in [6.45, 7) is 0.822. The van der Waals surface area contributed by atoms with Gasteiger partial charge in [0.1, 0.15) is 13.2 Å². The van der Waals surface area contributed by atoms with Crippen molar-refractivity contribution in [3.8, 4) is 11.5 Å². The van der Waals surface area contributed by atoms with Gasteiger partial charge < -0.3 is 14.6 Å². The number of ketones is 1. The maximum atomic E-state index is 11.7. The van der Waals surface area contributed by atoms with E-state index >= 15 is 0 Å². The molecule has 5 nitrogen and oxygen atoms in total. The molecule has 1 heterocycles. The van der Waals surface area contributed by atoms with E-state index in [1.165, 1.54) is 12.1 Å². The highest BCUT2D eigenvalue weighted by Crippen LogP contribution is 2.35. The van der Waals surface area contributed by atoms with Gasteiger partial charge in [0, 0.05) is 17.7 Å². The zero-order chi connectivity index (χ0) is 13.1. The van der Waals surface area contributed by atoms with Gasteiger partial charge in [-0.2, -0.15) is 0 Å². The normalized spacial score (nSPS) is 13.6. The first-order valence-corrected chi connectivity index (χ1v) is 5.50. The zero-order valence-electron chi connectivity index (χ0n) is 9.18. The number of ether oxygens (including phenoxy) is 2. The number of fused-ring (bicyclic) bond motifs is 1. The van der Waals surface area contributed by atoms with Gasteiger partial charge in [-0.1, -0.05) is 11.6 Å². The van der Waals surface area contributed by atoms with Crippen LogP contribution in [0.25, 0.3) is 0 Å². The van der Waals surface area contributed by atoms with Gasteiger partial charge in [0.05, 0.1) is 5.02 Å². The molecule has 1 aromatic rings. The van der Waals surface area contributed by atoms with E-state index in [1.807, 2.05) is 0 Å². The number of carbonyl (C=O) groups excluding carboxylic acids is 1. The predicted molar refractivity (Wildman–Crippen MR) is 63.5 cm³/mol. The second-order valence-electron chi connectivity index (χ2n) is 3.51. The zero-order valence-corrected chi connectivity index (χ0v) is 9.94. The Kier molecular flexibility index (Phi) is 3.53. The molecule has 0 aromatic heterocycles. The minimum absolute atomic E-state index is 0.179. The minimum atomic E-state index is -1.20. The highest BCUT2D eigenvalue weighted by Gasteiger charge is 2.17. The van der Waals surface area contributed by atoms with Crippen molar-refractivity contribution in [1.29, 1.82) is 0 Å². The van der Waals surface area contributed by atoms with E-state index in [1.54, 1.807) is 0 Å². The van der Waals surface area contributed by atoms with Crippen LogP contribution in [0.1, 0.15) is 10.4 Å². The summed E-state index contributed by atoms with van der Waals surface area (Å²) < 4.78 is 10.6. The number of benzene rings is 1. The maximum absolute atomic E-state index is 11.7. The molecule has 1 aromatic carbocycles.